The van der Waals surface area contributed by atoms with E-state index in [0.717, 1.165) is 5.69 Å². The summed E-state index contributed by atoms with van der Waals surface area (Å²) in [6, 6.07) is 17.6. The predicted octanol–water partition coefficient (Wildman–Crippen LogP) is 3.67. The molecule has 1 amide bonds. The van der Waals surface area contributed by atoms with Gasteiger partial charge >= 0.3 is 0 Å². The first-order valence-electron chi connectivity index (χ1n) is 8.08. The Balaban J connectivity index is 1.66. The van der Waals surface area contributed by atoms with Crippen LogP contribution in [-0.4, -0.2) is 22.9 Å². The lowest BCUT2D eigenvalue weighted by molar-refractivity contribution is 0.0988. The fourth-order valence-corrected chi connectivity index (χ4v) is 2.46. The lowest BCUT2D eigenvalue weighted by Crippen LogP contribution is -2.27. The molecule has 0 saturated carbocycles. The average molecular weight is 332 g/mol. The molecule has 126 valence electrons. The van der Waals surface area contributed by atoms with Gasteiger partial charge in [-0.1, -0.05) is 42.5 Å². The van der Waals surface area contributed by atoms with Gasteiger partial charge in [-0.05, 0) is 30.2 Å². The molecule has 3 aromatic rings. The van der Waals surface area contributed by atoms with Crippen molar-refractivity contribution in [1.29, 1.82) is 0 Å². The van der Waals surface area contributed by atoms with E-state index < -0.39 is 0 Å². The maximum Gasteiger partial charge on any atom is 0.278 e. The topological polar surface area (TPSA) is 58.1 Å². The van der Waals surface area contributed by atoms with Crippen LogP contribution in [0.1, 0.15) is 21.6 Å². The Labute approximate surface area is 147 Å². The van der Waals surface area contributed by atoms with Gasteiger partial charge in [-0.3, -0.25) is 4.79 Å². The first-order chi connectivity index (χ1) is 12.1. The molecule has 0 saturated heterocycles. The van der Waals surface area contributed by atoms with Crippen molar-refractivity contribution in [1.82, 2.24) is 9.97 Å². The second-order valence-corrected chi connectivity index (χ2v) is 5.77. The van der Waals surface area contributed by atoms with E-state index in [-0.39, 0.29) is 5.91 Å². The summed E-state index contributed by atoms with van der Waals surface area (Å²) in [5.41, 5.74) is 3.55. The number of hydrogen-bond acceptors (Lipinski definition) is 4. The predicted molar refractivity (Wildman–Crippen MR) is 99.7 cm³/mol. The molecule has 1 N–H and O–H groups in total. The standard InChI is InChI=1S/C20H20N4O/c1-15-8-6-7-9-16(15)12-22-19-14-21-18(13-23-19)20(25)24(2)17-10-4-3-5-11-17/h3-11,13-14H,12H2,1-2H3,(H,22,23). The lowest BCUT2D eigenvalue weighted by atomic mass is 10.1. The molecule has 0 fully saturated rings. The van der Waals surface area contributed by atoms with Crippen LogP contribution < -0.4 is 10.2 Å². The molecule has 1 aromatic heterocycles. The van der Waals surface area contributed by atoms with Gasteiger partial charge in [-0.2, -0.15) is 0 Å². The molecule has 0 aliphatic rings. The van der Waals surface area contributed by atoms with Gasteiger partial charge < -0.3 is 10.2 Å². The Kier molecular flexibility index (Phi) is 5.04. The first kappa shape index (κ1) is 16.6. The van der Waals surface area contributed by atoms with E-state index in [0.29, 0.717) is 18.1 Å². The highest BCUT2D eigenvalue weighted by atomic mass is 16.2. The number of nitrogens with zero attached hydrogens (tertiary/aromatic N) is 3. The first-order valence-corrected chi connectivity index (χ1v) is 8.08. The highest BCUT2D eigenvalue weighted by Crippen LogP contribution is 2.14. The SMILES string of the molecule is Cc1ccccc1CNc1cnc(C(=O)N(C)c2ccccc2)cn1. The third-order valence-electron chi connectivity index (χ3n) is 4.04. The maximum absolute atomic E-state index is 12.5. The second-order valence-electron chi connectivity index (χ2n) is 5.77. The highest BCUT2D eigenvalue weighted by molar-refractivity contribution is 6.04. The summed E-state index contributed by atoms with van der Waals surface area (Å²) in [5.74, 6) is 0.450. The number of carbonyl (C=O) groups is 1. The Hall–Kier alpha value is -3.21. The third-order valence-corrected chi connectivity index (χ3v) is 4.04. The van der Waals surface area contributed by atoms with Crippen LogP contribution in [0, 0.1) is 6.92 Å². The number of carbonyl (C=O) groups excluding carboxylic acids is 1. The summed E-state index contributed by atoms with van der Waals surface area (Å²) in [5, 5.41) is 3.23. The Morgan fingerprint density at radius 3 is 2.40 bits per heavy atom. The molecule has 5 heteroatoms. The minimum atomic E-state index is -0.191. The van der Waals surface area contributed by atoms with E-state index >= 15 is 0 Å². The van der Waals surface area contributed by atoms with Crippen LogP contribution in [0.2, 0.25) is 0 Å². The van der Waals surface area contributed by atoms with E-state index in [4.69, 9.17) is 0 Å². The van der Waals surface area contributed by atoms with Gasteiger partial charge in [-0.25, -0.2) is 9.97 Å². The number of hydrogen-bond donors (Lipinski definition) is 1. The Morgan fingerprint density at radius 2 is 1.72 bits per heavy atom. The second kappa shape index (κ2) is 7.57. The lowest BCUT2D eigenvalue weighted by Gasteiger charge is -2.16. The molecule has 25 heavy (non-hydrogen) atoms. The molecule has 5 nitrogen and oxygen atoms in total. The third kappa shape index (κ3) is 4.01. The Bertz CT molecular complexity index is 847. The molecule has 0 radical (unpaired) electrons. The van der Waals surface area contributed by atoms with Gasteiger partial charge in [-0.15, -0.1) is 0 Å². The van der Waals surface area contributed by atoms with Crippen molar-refractivity contribution in [3.63, 3.8) is 0 Å². The smallest absolute Gasteiger partial charge is 0.278 e. The number of anilines is 2. The summed E-state index contributed by atoms with van der Waals surface area (Å²) >= 11 is 0. The molecular weight excluding hydrogens is 312 g/mol. The number of benzene rings is 2. The molecule has 0 unspecified atom stereocenters. The van der Waals surface area contributed by atoms with Gasteiger partial charge in [0.15, 0.2) is 0 Å². The molecule has 1 heterocycles. The fraction of sp³-hybridized carbons (Fsp3) is 0.150. The van der Waals surface area contributed by atoms with Crippen molar-refractivity contribution in [2.75, 3.05) is 17.3 Å². The zero-order valence-corrected chi connectivity index (χ0v) is 14.3. The van der Waals surface area contributed by atoms with E-state index in [9.17, 15) is 4.79 Å². The molecule has 2 aromatic carbocycles. The molecule has 0 bridgehead atoms. The van der Waals surface area contributed by atoms with Crippen LogP contribution in [0.15, 0.2) is 67.0 Å². The number of para-hydroxylation sites is 1. The van der Waals surface area contributed by atoms with Gasteiger partial charge in [0.25, 0.3) is 5.91 Å². The summed E-state index contributed by atoms with van der Waals surface area (Å²) in [6.45, 7) is 2.74. The van der Waals surface area contributed by atoms with Crippen LogP contribution in [0.3, 0.4) is 0 Å². The quantitative estimate of drug-likeness (QED) is 0.774. The van der Waals surface area contributed by atoms with Crippen molar-refractivity contribution >= 4 is 17.4 Å². The van der Waals surface area contributed by atoms with Crippen molar-refractivity contribution < 1.29 is 4.79 Å². The monoisotopic (exact) mass is 332 g/mol. The number of aryl methyl sites for hydroxylation is 1. The van der Waals surface area contributed by atoms with Crippen molar-refractivity contribution in [2.24, 2.45) is 0 Å². The summed E-state index contributed by atoms with van der Waals surface area (Å²) in [7, 11) is 1.73. The van der Waals surface area contributed by atoms with E-state index in [2.05, 4.69) is 34.3 Å². The molecule has 3 rings (SSSR count). The summed E-state index contributed by atoms with van der Waals surface area (Å²) < 4.78 is 0. The summed E-state index contributed by atoms with van der Waals surface area (Å²) in [6.07, 6.45) is 3.09. The fourth-order valence-electron chi connectivity index (χ4n) is 2.46. The number of amides is 1. The van der Waals surface area contributed by atoms with E-state index in [1.165, 1.54) is 17.3 Å². The minimum absolute atomic E-state index is 0.191. The highest BCUT2D eigenvalue weighted by Gasteiger charge is 2.15. The van der Waals surface area contributed by atoms with Crippen molar-refractivity contribution in [3.05, 3.63) is 83.8 Å². The number of aromatic nitrogens is 2. The maximum atomic E-state index is 12.5. The Morgan fingerprint density at radius 1 is 1.00 bits per heavy atom. The van der Waals surface area contributed by atoms with Crippen LogP contribution in [0.4, 0.5) is 11.5 Å². The largest absolute Gasteiger partial charge is 0.365 e. The van der Waals surface area contributed by atoms with Crippen LogP contribution in [-0.2, 0) is 6.54 Å². The van der Waals surface area contributed by atoms with Crippen LogP contribution in [0.25, 0.3) is 0 Å². The molecule has 0 spiro atoms. The molecule has 0 atom stereocenters. The van der Waals surface area contributed by atoms with Gasteiger partial charge in [0.1, 0.15) is 11.5 Å². The number of nitrogens with one attached hydrogen (secondary N) is 1. The average Bonchev–Trinajstić information content (AvgIpc) is 2.67. The van der Waals surface area contributed by atoms with E-state index in [1.54, 1.807) is 18.1 Å². The van der Waals surface area contributed by atoms with E-state index in [1.807, 2.05) is 42.5 Å². The molecular formula is C20H20N4O. The minimum Gasteiger partial charge on any atom is -0.365 e. The van der Waals surface area contributed by atoms with Crippen molar-refractivity contribution in [3.8, 4) is 0 Å². The number of rotatable bonds is 5. The zero-order chi connectivity index (χ0) is 17.6. The van der Waals surface area contributed by atoms with Gasteiger partial charge in [0, 0.05) is 19.3 Å². The van der Waals surface area contributed by atoms with Crippen LogP contribution >= 0.6 is 0 Å². The van der Waals surface area contributed by atoms with Crippen molar-refractivity contribution in [2.45, 2.75) is 13.5 Å². The normalized spacial score (nSPS) is 10.3. The van der Waals surface area contributed by atoms with Crippen LogP contribution in [0.5, 0.6) is 0 Å². The zero-order valence-electron chi connectivity index (χ0n) is 14.3. The van der Waals surface area contributed by atoms with Gasteiger partial charge in [0.2, 0.25) is 0 Å². The molecule has 0 aliphatic heterocycles. The summed E-state index contributed by atoms with van der Waals surface area (Å²) in [4.78, 5) is 22.6. The molecule has 0 aliphatic carbocycles. The van der Waals surface area contributed by atoms with Gasteiger partial charge in [0.05, 0.1) is 12.4 Å².